The summed E-state index contributed by atoms with van der Waals surface area (Å²) in [5, 5.41) is 8.44. The summed E-state index contributed by atoms with van der Waals surface area (Å²) in [6.07, 6.45) is -8.35. The van der Waals surface area contributed by atoms with Gasteiger partial charge in [-0.1, -0.05) is 150 Å². The van der Waals surface area contributed by atoms with Crippen LogP contribution in [0, 0.1) is 5.41 Å². The Hall–Kier alpha value is -5.00. The smallest absolute Gasteiger partial charge is 0.338 e. The molecule has 1 aliphatic rings. The molecule has 5 aromatic carbocycles. The Morgan fingerprint density at radius 1 is 0.552 bits per heavy atom. The predicted octanol–water partition coefficient (Wildman–Crippen LogP) is 9.45. The van der Waals surface area contributed by atoms with Crippen LogP contribution >= 0.6 is 42.2 Å². The molecule has 300 valence electrons. The molecule has 6 rings (SSSR count). The Balaban J connectivity index is 1.43. The fourth-order valence-electron chi connectivity index (χ4n) is 6.07. The largest absolute Gasteiger partial charge is 0.452 e. The number of alkyl halides is 3. The number of esters is 3. The number of rotatable bonds is 14. The minimum atomic E-state index is -3.66. The van der Waals surface area contributed by atoms with Gasteiger partial charge in [0.05, 0.1) is 35.6 Å². The fourth-order valence-corrected chi connectivity index (χ4v) is 8.45. The molecular formula is C43H37Cl3NO10P. The van der Waals surface area contributed by atoms with Gasteiger partial charge in [-0.3, -0.25) is 9.97 Å². The molecular weight excluding hydrogens is 828 g/mol. The van der Waals surface area contributed by atoms with Crippen LogP contribution in [0.5, 0.6) is 0 Å². The maximum Gasteiger partial charge on any atom is 0.338 e. The minimum Gasteiger partial charge on any atom is -0.452 e. The Bertz CT molecular complexity index is 2150. The van der Waals surface area contributed by atoms with Gasteiger partial charge in [0, 0.05) is 0 Å². The third-order valence-electron chi connectivity index (χ3n) is 8.85. The maximum atomic E-state index is 14.9. The third-order valence-corrected chi connectivity index (χ3v) is 11.7. The van der Waals surface area contributed by atoms with Gasteiger partial charge in [0.2, 0.25) is 25.7 Å². The van der Waals surface area contributed by atoms with Crippen LogP contribution in [0.3, 0.4) is 0 Å². The molecule has 0 bridgehead atoms. The van der Waals surface area contributed by atoms with Crippen LogP contribution in [0.1, 0.15) is 42.2 Å². The van der Waals surface area contributed by atoms with Crippen molar-refractivity contribution in [3.8, 4) is 0 Å². The van der Waals surface area contributed by atoms with Crippen LogP contribution in [0.4, 0.5) is 0 Å². The molecule has 0 unspecified atom stereocenters. The number of ether oxygens (including phenoxy) is 5. The van der Waals surface area contributed by atoms with Crippen molar-refractivity contribution in [1.82, 2.24) is 0 Å². The second kappa shape index (κ2) is 19.6. The van der Waals surface area contributed by atoms with E-state index in [1.54, 1.807) is 54.6 Å². The summed E-state index contributed by atoms with van der Waals surface area (Å²) in [5.41, 5.74) is 1.79. The molecule has 1 heterocycles. The van der Waals surface area contributed by atoms with Crippen molar-refractivity contribution in [2.24, 2.45) is 0 Å². The van der Waals surface area contributed by atoms with Crippen LogP contribution in [-0.4, -0.2) is 64.9 Å². The van der Waals surface area contributed by atoms with E-state index in [0.29, 0.717) is 0 Å². The molecule has 0 aliphatic carbocycles. The van der Waals surface area contributed by atoms with Gasteiger partial charge in [0.15, 0.2) is 12.2 Å². The molecule has 5 atom stereocenters. The van der Waals surface area contributed by atoms with Crippen molar-refractivity contribution >= 4 is 66.0 Å². The number of nitrogens with one attached hydrogen (secondary N) is 1. The fraction of sp³-hybridized carbons (Fsp3) is 0.209. The molecule has 0 aromatic heterocycles. The van der Waals surface area contributed by atoms with Gasteiger partial charge in [0.1, 0.15) is 6.10 Å². The molecule has 1 saturated heterocycles. The van der Waals surface area contributed by atoms with Gasteiger partial charge < -0.3 is 28.2 Å². The van der Waals surface area contributed by atoms with Gasteiger partial charge in [0.25, 0.3) is 3.79 Å². The number of hydrogen-bond donors (Lipinski definition) is 1. The highest BCUT2D eigenvalue weighted by Gasteiger charge is 2.55. The minimum absolute atomic E-state index is 0.0193. The first-order valence-corrected chi connectivity index (χ1v) is 21.1. The highest BCUT2D eigenvalue weighted by molar-refractivity contribution is 7.57. The number of carbonyl (C=O) groups excluding carboxylic acids is 3. The summed E-state index contributed by atoms with van der Waals surface area (Å²) < 4.78 is 49.0. The summed E-state index contributed by atoms with van der Waals surface area (Å²) in [6.45, 7) is -0.538. The summed E-state index contributed by atoms with van der Waals surface area (Å²) in [6, 6.07) is 42.0. The van der Waals surface area contributed by atoms with E-state index in [4.69, 9.17) is 68.4 Å². The lowest BCUT2D eigenvalue weighted by atomic mass is 9.97. The van der Waals surface area contributed by atoms with Crippen molar-refractivity contribution in [3.05, 3.63) is 179 Å². The Kier molecular flexibility index (Phi) is 14.4. The van der Waals surface area contributed by atoms with Crippen molar-refractivity contribution < 1.29 is 47.2 Å². The Morgan fingerprint density at radius 3 is 1.31 bits per heavy atom. The second-order valence-corrected chi connectivity index (χ2v) is 17.9. The van der Waals surface area contributed by atoms with E-state index in [-0.39, 0.29) is 29.0 Å². The number of benzene rings is 5. The quantitative estimate of drug-likeness (QED) is 0.0286. The van der Waals surface area contributed by atoms with Crippen molar-refractivity contribution in [1.29, 1.82) is 5.41 Å². The summed E-state index contributed by atoms with van der Waals surface area (Å²) in [7, 11) is -3.66. The first kappa shape index (κ1) is 42.6. The van der Waals surface area contributed by atoms with E-state index in [0.717, 1.165) is 11.1 Å². The summed E-state index contributed by atoms with van der Waals surface area (Å²) in [4.78, 5) is 41.4. The van der Waals surface area contributed by atoms with Crippen molar-refractivity contribution in [2.75, 3.05) is 6.61 Å². The first-order valence-electron chi connectivity index (χ1n) is 17.9. The zero-order valence-electron chi connectivity index (χ0n) is 30.6. The second-order valence-electron chi connectivity index (χ2n) is 13.1. The zero-order valence-corrected chi connectivity index (χ0v) is 33.8. The van der Waals surface area contributed by atoms with E-state index >= 15 is 0 Å². The average molecular weight is 865 g/mol. The summed E-state index contributed by atoms with van der Waals surface area (Å²) in [5.74, 6) is -3.61. The van der Waals surface area contributed by atoms with E-state index in [2.05, 4.69) is 0 Å². The standard InChI is InChI=1S/C43H37Cl3NO10P/c44-43(45,46)42(47)57-41-37(56-40(50)33-24-14-5-15-25-33)36(55-39(49)32-22-12-4-13-23-32)35(54-38(48)31-20-10-3-11-21-31)34(53-41)26-52-58(51,27-29-16-6-1-7-17-29)28-30-18-8-2-9-19-30/h1-25,34-37,41,47H,26-28H2/t34-,35-,36+,37+,41-/m1/s1. The molecule has 1 aliphatic heterocycles. The van der Waals surface area contributed by atoms with E-state index < -0.39 is 72.3 Å². The van der Waals surface area contributed by atoms with Crippen LogP contribution in [0.2, 0.25) is 0 Å². The molecule has 0 radical (unpaired) electrons. The highest BCUT2D eigenvalue weighted by atomic mass is 35.6. The maximum absolute atomic E-state index is 14.9. The van der Waals surface area contributed by atoms with Gasteiger partial charge in [-0.05, 0) is 47.5 Å². The molecule has 5 aromatic rings. The number of hydrogen-bond acceptors (Lipinski definition) is 11. The topological polar surface area (TPSA) is 148 Å². The predicted molar refractivity (Wildman–Crippen MR) is 219 cm³/mol. The van der Waals surface area contributed by atoms with Gasteiger partial charge in [-0.15, -0.1) is 0 Å². The van der Waals surface area contributed by atoms with Gasteiger partial charge >= 0.3 is 17.9 Å². The van der Waals surface area contributed by atoms with Crippen LogP contribution in [0.25, 0.3) is 0 Å². The average Bonchev–Trinajstić information content (AvgIpc) is 3.23. The Labute approximate surface area is 350 Å². The van der Waals surface area contributed by atoms with Crippen LogP contribution in [-0.2, 0) is 45.1 Å². The number of carbonyl (C=O) groups is 3. The summed E-state index contributed by atoms with van der Waals surface area (Å²) >= 11 is 18.1. The molecule has 15 heteroatoms. The van der Waals surface area contributed by atoms with Crippen molar-refractivity contribution in [3.63, 3.8) is 0 Å². The highest BCUT2D eigenvalue weighted by Crippen LogP contribution is 2.54. The van der Waals surface area contributed by atoms with Crippen LogP contribution < -0.4 is 0 Å². The van der Waals surface area contributed by atoms with E-state index in [9.17, 15) is 18.9 Å². The first-order chi connectivity index (χ1) is 27.9. The molecule has 1 fully saturated rings. The normalized spacial score (nSPS) is 19.3. The Morgan fingerprint density at radius 2 is 0.914 bits per heavy atom. The molecule has 11 nitrogen and oxygen atoms in total. The van der Waals surface area contributed by atoms with E-state index in [1.807, 2.05) is 60.7 Å². The van der Waals surface area contributed by atoms with Gasteiger partial charge in [-0.25, -0.2) is 14.4 Å². The van der Waals surface area contributed by atoms with E-state index in [1.165, 1.54) is 36.4 Å². The van der Waals surface area contributed by atoms with Gasteiger partial charge in [-0.2, -0.15) is 0 Å². The molecule has 0 saturated carbocycles. The third kappa shape index (κ3) is 11.6. The molecule has 58 heavy (non-hydrogen) atoms. The molecule has 0 amide bonds. The monoisotopic (exact) mass is 863 g/mol. The lowest BCUT2D eigenvalue weighted by molar-refractivity contribution is -0.278. The lowest BCUT2D eigenvalue weighted by Crippen LogP contribution is -2.63. The molecule has 1 N–H and O–H groups in total. The molecule has 0 spiro atoms. The lowest BCUT2D eigenvalue weighted by Gasteiger charge is -2.44. The zero-order chi connectivity index (χ0) is 41.1. The number of halogens is 3. The van der Waals surface area contributed by atoms with Crippen LogP contribution in [0.15, 0.2) is 152 Å². The van der Waals surface area contributed by atoms with Crippen molar-refractivity contribution in [2.45, 2.75) is 46.8 Å². The SMILES string of the molecule is N=C(O[C@H]1O[C@H](COP(=O)(Cc2ccccc2)Cc2ccccc2)[C@@H](OC(=O)c2ccccc2)[C@H](OC(=O)c2ccccc2)[C@@H]1OC(=O)c1ccccc1)C(Cl)(Cl)Cl.